The summed E-state index contributed by atoms with van der Waals surface area (Å²) in [6.45, 7) is 7.64. The molecule has 31 heavy (non-hydrogen) atoms. The van der Waals surface area contributed by atoms with Crippen LogP contribution in [0.15, 0.2) is 60.7 Å². The maximum absolute atomic E-state index is 14.4. The molecule has 0 amide bonds. The first-order valence-corrected chi connectivity index (χ1v) is 10.4. The van der Waals surface area contributed by atoms with E-state index in [-0.39, 0.29) is 17.6 Å². The number of unbranched alkanes of at least 4 members (excludes halogenated alkanes) is 3. The molecule has 0 aromatic heterocycles. The molecule has 2 rings (SSSR count). The molecule has 2 aromatic carbocycles. The molecule has 0 saturated heterocycles. The molecule has 2 aromatic rings. The SMILES string of the molecule is C=C(C)C(=O)OCCCCCCOc1ccc(-c2ccc(/C=C/C(C)=O)cc2F)cc1. The minimum atomic E-state index is -0.340. The normalized spacial score (nSPS) is 10.8. The van der Waals surface area contributed by atoms with Crippen molar-refractivity contribution in [1.82, 2.24) is 0 Å². The Hall–Kier alpha value is -3.21. The molecular weight excluding hydrogens is 395 g/mol. The Morgan fingerprint density at radius 1 is 0.968 bits per heavy atom. The number of hydrogen-bond acceptors (Lipinski definition) is 4. The van der Waals surface area contributed by atoms with Gasteiger partial charge in [-0.05, 0) is 74.9 Å². The number of ether oxygens (including phenoxy) is 2. The average Bonchev–Trinajstić information content (AvgIpc) is 2.74. The first-order valence-electron chi connectivity index (χ1n) is 10.4. The van der Waals surface area contributed by atoms with Gasteiger partial charge in [0.1, 0.15) is 11.6 Å². The fourth-order valence-corrected chi connectivity index (χ4v) is 2.85. The molecular formula is C26H29FO4. The Morgan fingerprint density at radius 3 is 2.26 bits per heavy atom. The standard InChI is InChI=1S/C26H29FO4/c1-19(2)26(29)31-17-7-5-4-6-16-30-23-13-11-22(12-14-23)24-15-10-21(18-25(24)27)9-8-20(3)28/h8-15,18H,1,4-7,16-17H2,2-3H3/b9-8+. The third-order valence-corrected chi connectivity index (χ3v) is 4.56. The van der Waals surface area contributed by atoms with E-state index in [1.807, 2.05) is 24.3 Å². The van der Waals surface area contributed by atoms with E-state index in [2.05, 4.69) is 6.58 Å². The van der Waals surface area contributed by atoms with E-state index >= 15 is 0 Å². The van der Waals surface area contributed by atoms with Gasteiger partial charge in [-0.2, -0.15) is 0 Å². The van der Waals surface area contributed by atoms with Crippen molar-refractivity contribution in [2.75, 3.05) is 13.2 Å². The van der Waals surface area contributed by atoms with Crippen LogP contribution in [0.3, 0.4) is 0 Å². The van der Waals surface area contributed by atoms with Crippen LogP contribution in [-0.4, -0.2) is 25.0 Å². The molecule has 0 fully saturated rings. The molecule has 0 heterocycles. The van der Waals surface area contributed by atoms with E-state index in [1.165, 1.54) is 19.1 Å². The predicted octanol–water partition coefficient (Wildman–Crippen LogP) is 6.15. The van der Waals surface area contributed by atoms with Crippen molar-refractivity contribution in [3.8, 4) is 16.9 Å². The summed E-state index contributed by atoms with van der Waals surface area (Å²) in [6.07, 6.45) is 6.68. The van der Waals surface area contributed by atoms with Crippen LogP contribution < -0.4 is 4.74 Å². The van der Waals surface area contributed by atoms with Gasteiger partial charge in [0.05, 0.1) is 13.2 Å². The molecule has 0 N–H and O–H groups in total. The summed E-state index contributed by atoms with van der Waals surface area (Å²) in [6, 6.07) is 12.2. The summed E-state index contributed by atoms with van der Waals surface area (Å²) < 4.78 is 25.2. The van der Waals surface area contributed by atoms with Crippen molar-refractivity contribution >= 4 is 17.8 Å². The lowest BCUT2D eigenvalue weighted by atomic mass is 10.0. The molecule has 0 aliphatic heterocycles. The zero-order chi connectivity index (χ0) is 22.6. The summed E-state index contributed by atoms with van der Waals surface area (Å²) >= 11 is 0. The highest BCUT2D eigenvalue weighted by Gasteiger charge is 2.06. The minimum Gasteiger partial charge on any atom is -0.494 e. The van der Waals surface area contributed by atoms with Crippen molar-refractivity contribution in [1.29, 1.82) is 0 Å². The second-order valence-electron chi connectivity index (χ2n) is 7.39. The van der Waals surface area contributed by atoms with Gasteiger partial charge in [-0.1, -0.05) is 36.9 Å². The fraction of sp³-hybridized carbons (Fsp3) is 0.308. The van der Waals surface area contributed by atoms with E-state index in [1.54, 1.807) is 25.1 Å². The van der Waals surface area contributed by atoms with Crippen molar-refractivity contribution in [3.05, 3.63) is 72.1 Å². The molecule has 0 spiro atoms. The zero-order valence-electron chi connectivity index (χ0n) is 18.2. The van der Waals surface area contributed by atoms with Crippen molar-refractivity contribution in [2.45, 2.75) is 39.5 Å². The number of carbonyl (C=O) groups is 2. The number of hydrogen-bond donors (Lipinski definition) is 0. The van der Waals surface area contributed by atoms with Gasteiger partial charge >= 0.3 is 5.97 Å². The highest BCUT2D eigenvalue weighted by Crippen LogP contribution is 2.26. The second-order valence-corrected chi connectivity index (χ2v) is 7.39. The van der Waals surface area contributed by atoms with Crippen LogP contribution in [0.4, 0.5) is 4.39 Å². The average molecular weight is 425 g/mol. The van der Waals surface area contributed by atoms with Crippen LogP contribution in [0, 0.1) is 5.82 Å². The van der Waals surface area contributed by atoms with E-state index in [4.69, 9.17) is 9.47 Å². The van der Waals surface area contributed by atoms with Crippen molar-refractivity contribution < 1.29 is 23.5 Å². The number of ketones is 1. The molecule has 0 bridgehead atoms. The van der Waals surface area contributed by atoms with Gasteiger partial charge in [0, 0.05) is 11.1 Å². The van der Waals surface area contributed by atoms with Gasteiger partial charge in [-0.3, -0.25) is 4.79 Å². The van der Waals surface area contributed by atoms with Crippen LogP contribution in [0.25, 0.3) is 17.2 Å². The first-order chi connectivity index (χ1) is 14.9. The first kappa shape index (κ1) is 24.1. The molecule has 4 nitrogen and oxygen atoms in total. The third-order valence-electron chi connectivity index (χ3n) is 4.56. The monoisotopic (exact) mass is 424 g/mol. The Labute approximate surface area is 183 Å². The number of carbonyl (C=O) groups excluding carboxylic acids is 2. The van der Waals surface area contributed by atoms with Crippen molar-refractivity contribution in [2.24, 2.45) is 0 Å². The van der Waals surface area contributed by atoms with E-state index in [0.29, 0.717) is 29.9 Å². The summed E-state index contributed by atoms with van der Waals surface area (Å²) in [5.41, 5.74) is 2.32. The van der Waals surface area contributed by atoms with E-state index in [9.17, 15) is 14.0 Å². The van der Waals surface area contributed by atoms with Crippen LogP contribution in [0.5, 0.6) is 5.75 Å². The molecule has 0 aliphatic rings. The minimum absolute atomic E-state index is 0.0795. The molecule has 0 unspecified atom stereocenters. The Bertz CT molecular complexity index is 929. The largest absolute Gasteiger partial charge is 0.494 e. The summed E-state index contributed by atoms with van der Waals surface area (Å²) in [7, 11) is 0. The molecule has 0 saturated carbocycles. The summed E-state index contributed by atoms with van der Waals surface area (Å²) in [5.74, 6) is -0.0227. The van der Waals surface area contributed by atoms with Gasteiger partial charge in [0.25, 0.3) is 0 Å². The summed E-state index contributed by atoms with van der Waals surface area (Å²) in [4.78, 5) is 22.3. The lowest BCUT2D eigenvalue weighted by molar-refractivity contribution is -0.139. The van der Waals surface area contributed by atoms with Gasteiger partial charge < -0.3 is 9.47 Å². The highest BCUT2D eigenvalue weighted by molar-refractivity contribution is 5.91. The quantitative estimate of drug-likeness (QED) is 0.233. The van der Waals surface area contributed by atoms with Crippen LogP contribution in [-0.2, 0) is 14.3 Å². The number of benzene rings is 2. The van der Waals surface area contributed by atoms with Crippen LogP contribution >= 0.6 is 0 Å². The number of rotatable bonds is 12. The lowest BCUT2D eigenvalue weighted by Gasteiger charge is -2.09. The molecule has 0 aliphatic carbocycles. The van der Waals surface area contributed by atoms with Gasteiger partial charge in [0.15, 0.2) is 5.78 Å². The van der Waals surface area contributed by atoms with Crippen LogP contribution in [0.2, 0.25) is 0 Å². The smallest absolute Gasteiger partial charge is 0.333 e. The van der Waals surface area contributed by atoms with Gasteiger partial charge in [-0.15, -0.1) is 0 Å². The zero-order valence-corrected chi connectivity index (χ0v) is 18.2. The lowest BCUT2D eigenvalue weighted by Crippen LogP contribution is -2.06. The maximum atomic E-state index is 14.4. The van der Waals surface area contributed by atoms with E-state index < -0.39 is 0 Å². The summed E-state index contributed by atoms with van der Waals surface area (Å²) in [5, 5.41) is 0. The second kappa shape index (κ2) is 12.5. The van der Waals surface area contributed by atoms with E-state index in [0.717, 1.165) is 37.0 Å². The number of allylic oxidation sites excluding steroid dienone is 1. The molecule has 5 heteroatoms. The van der Waals surface area contributed by atoms with Crippen LogP contribution in [0.1, 0.15) is 45.1 Å². The molecule has 164 valence electrons. The topological polar surface area (TPSA) is 52.6 Å². The number of halogens is 1. The Kier molecular flexibility index (Phi) is 9.69. The number of esters is 1. The maximum Gasteiger partial charge on any atom is 0.333 e. The molecule has 0 radical (unpaired) electrons. The Balaban J connectivity index is 1.74. The fourth-order valence-electron chi connectivity index (χ4n) is 2.85. The Morgan fingerprint density at radius 2 is 1.65 bits per heavy atom. The molecule has 0 atom stereocenters. The highest BCUT2D eigenvalue weighted by atomic mass is 19.1. The van der Waals surface area contributed by atoms with Crippen molar-refractivity contribution in [3.63, 3.8) is 0 Å². The van der Waals surface area contributed by atoms with Gasteiger partial charge in [-0.25, -0.2) is 9.18 Å². The predicted molar refractivity (Wildman–Crippen MR) is 121 cm³/mol. The van der Waals surface area contributed by atoms with Gasteiger partial charge in [0.2, 0.25) is 0 Å². The third kappa shape index (κ3) is 8.59.